The fourth-order valence-corrected chi connectivity index (χ4v) is 1.84. The number of aliphatic hydroxyl groups is 1. The second-order valence-electron chi connectivity index (χ2n) is 4.00. The highest BCUT2D eigenvalue weighted by Crippen LogP contribution is 2.50. The Hall–Kier alpha value is -0.890. The summed E-state index contributed by atoms with van der Waals surface area (Å²) in [7, 11) is 0. The lowest BCUT2D eigenvalue weighted by molar-refractivity contribution is 0.148. The zero-order valence-electron chi connectivity index (χ0n) is 8.12. The third kappa shape index (κ3) is 1.35. The van der Waals surface area contributed by atoms with Crippen LogP contribution in [0.1, 0.15) is 31.2 Å². The van der Waals surface area contributed by atoms with Gasteiger partial charge in [-0.05, 0) is 38.8 Å². The first-order chi connectivity index (χ1) is 6.15. The van der Waals surface area contributed by atoms with E-state index in [4.69, 9.17) is 0 Å². The van der Waals surface area contributed by atoms with Crippen LogP contribution in [-0.2, 0) is 5.41 Å². The summed E-state index contributed by atoms with van der Waals surface area (Å²) in [5.74, 6) is 0. The Morgan fingerprint density at radius 3 is 2.62 bits per heavy atom. The van der Waals surface area contributed by atoms with E-state index in [1.807, 2.05) is 32.0 Å². The van der Waals surface area contributed by atoms with Crippen molar-refractivity contribution in [1.29, 1.82) is 0 Å². The van der Waals surface area contributed by atoms with Crippen LogP contribution in [0.5, 0.6) is 0 Å². The molecule has 1 atom stereocenters. The van der Waals surface area contributed by atoms with Crippen LogP contribution >= 0.6 is 0 Å². The first kappa shape index (κ1) is 8.70. The average Bonchev–Trinajstić information content (AvgIpc) is 2.83. The Labute approximate surface area is 78.6 Å². The molecule has 0 spiro atoms. The van der Waals surface area contributed by atoms with Gasteiger partial charge in [0, 0.05) is 16.8 Å². The summed E-state index contributed by atoms with van der Waals surface area (Å²) in [6, 6.07) is 6.02. The van der Waals surface area contributed by atoms with Crippen molar-refractivity contribution in [3.05, 3.63) is 29.6 Å². The highest BCUT2D eigenvalue weighted by Gasteiger charge is 2.49. The molecule has 0 radical (unpaired) electrons. The Balaban J connectivity index is 2.35. The summed E-state index contributed by atoms with van der Waals surface area (Å²) in [4.78, 5) is 4.47. The number of pyridine rings is 1. The largest absolute Gasteiger partial charge is 0.392 e. The van der Waals surface area contributed by atoms with Gasteiger partial charge in [-0.2, -0.15) is 0 Å². The molecule has 0 saturated heterocycles. The number of hydrogen-bond donors (Lipinski definition) is 1. The topological polar surface area (TPSA) is 33.1 Å². The fraction of sp³-hybridized carbons (Fsp3) is 0.545. The van der Waals surface area contributed by atoms with Gasteiger partial charge in [0.05, 0.1) is 6.10 Å². The lowest BCUT2D eigenvalue weighted by Crippen LogP contribution is -2.23. The molecule has 0 aromatic carbocycles. The molecule has 0 aliphatic heterocycles. The maximum absolute atomic E-state index is 9.65. The molecule has 1 fully saturated rings. The van der Waals surface area contributed by atoms with Gasteiger partial charge in [0.2, 0.25) is 0 Å². The quantitative estimate of drug-likeness (QED) is 0.747. The Morgan fingerprint density at radius 1 is 1.46 bits per heavy atom. The molecule has 1 unspecified atom stereocenters. The second kappa shape index (κ2) is 2.81. The van der Waals surface area contributed by atoms with E-state index in [1.165, 1.54) is 0 Å². The molecule has 70 valence electrons. The first-order valence-corrected chi connectivity index (χ1v) is 4.77. The average molecular weight is 177 g/mol. The third-order valence-corrected chi connectivity index (χ3v) is 2.99. The van der Waals surface area contributed by atoms with Crippen molar-refractivity contribution < 1.29 is 5.11 Å². The van der Waals surface area contributed by atoms with E-state index < -0.39 is 0 Å². The van der Waals surface area contributed by atoms with Gasteiger partial charge in [-0.25, -0.2) is 0 Å². The summed E-state index contributed by atoms with van der Waals surface area (Å²) >= 11 is 0. The maximum Gasteiger partial charge on any atom is 0.0623 e. The predicted molar refractivity (Wildman–Crippen MR) is 51.6 cm³/mol. The second-order valence-corrected chi connectivity index (χ2v) is 4.00. The van der Waals surface area contributed by atoms with Crippen LogP contribution in [0.15, 0.2) is 18.2 Å². The number of aliphatic hydroxyl groups excluding tert-OH is 1. The van der Waals surface area contributed by atoms with Crippen molar-refractivity contribution in [1.82, 2.24) is 4.98 Å². The smallest absolute Gasteiger partial charge is 0.0623 e. The van der Waals surface area contributed by atoms with Crippen LogP contribution in [0.3, 0.4) is 0 Å². The van der Waals surface area contributed by atoms with Crippen LogP contribution < -0.4 is 0 Å². The van der Waals surface area contributed by atoms with Crippen molar-refractivity contribution in [2.24, 2.45) is 0 Å². The van der Waals surface area contributed by atoms with Gasteiger partial charge in [-0.3, -0.25) is 4.98 Å². The van der Waals surface area contributed by atoms with Crippen LogP contribution in [0.4, 0.5) is 0 Å². The summed E-state index contributed by atoms with van der Waals surface area (Å²) in [6.45, 7) is 3.85. The zero-order chi connectivity index (χ0) is 9.47. The molecule has 1 heterocycles. The van der Waals surface area contributed by atoms with Crippen molar-refractivity contribution in [3.63, 3.8) is 0 Å². The molecule has 2 heteroatoms. The van der Waals surface area contributed by atoms with Gasteiger partial charge in [-0.15, -0.1) is 0 Å². The molecule has 1 aromatic rings. The van der Waals surface area contributed by atoms with Gasteiger partial charge < -0.3 is 5.11 Å². The number of aryl methyl sites for hydroxylation is 1. The lowest BCUT2D eigenvalue weighted by atomic mass is 9.95. The summed E-state index contributed by atoms with van der Waals surface area (Å²) in [5, 5.41) is 9.65. The van der Waals surface area contributed by atoms with Crippen LogP contribution in [0.2, 0.25) is 0 Å². The van der Waals surface area contributed by atoms with E-state index in [-0.39, 0.29) is 11.5 Å². The molecule has 0 bridgehead atoms. The first-order valence-electron chi connectivity index (χ1n) is 4.77. The van der Waals surface area contributed by atoms with Gasteiger partial charge in [0.1, 0.15) is 0 Å². The van der Waals surface area contributed by atoms with Crippen molar-refractivity contribution in [3.8, 4) is 0 Å². The predicted octanol–water partition coefficient (Wildman–Crippen LogP) is 1.80. The number of nitrogens with zero attached hydrogens (tertiary/aromatic N) is 1. The van der Waals surface area contributed by atoms with E-state index in [0.717, 1.165) is 24.2 Å². The molecule has 1 aliphatic carbocycles. The number of hydrogen-bond acceptors (Lipinski definition) is 2. The molecule has 0 amide bonds. The molecule has 1 aromatic heterocycles. The summed E-state index contributed by atoms with van der Waals surface area (Å²) in [6.07, 6.45) is 1.86. The fourth-order valence-electron chi connectivity index (χ4n) is 1.84. The van der Waals surface area contributed by atoms with Gasteiger partial charge >= 0.3 is 0 Å². The van der Waals surface area contributed by atoms with Crippen molar-refractivity contribution >= 4 is 0 Å². The molecule has 13 heavy (non-hydrogen) atoms. The molecular weight excluding hydrogens is 162 g/mol. The van der Waals surface area contributed by atoms with Crippen molar-refractivity contribution in [2.75, 3.05) is 0 Å². The molecule has 1 saturated carbocycles. The van der Waals surface area contributed by atoms with E-state index in [1.54, 1.807) is 0 Å². The normalized spacial score (nSPS) is 21.2. The monoisotopic (exact) mass is 177 g/mol. The van der Waals surface area contributed by atoms with E-state index in [9.17, 15) is 5.11 Å². The van der Waals surface area contributed by atoms with Crippen LogP contribution in [-0.4, -0.2) is 16.2 Å². The summed E-state index contributed by atoms with van der Waals surface area (Å²) < 4.78 is 0. The minimum absolute atomic E-state index is 0.0218. The zero-order valence-corrected chi connectivity index (χ0v) is 8.12. The van der Waals surface area contributed by atoms with Gasteiger partial charge in [-0.1, -0.05) is 6.07 Å². The highest BCUT2D eigenvalue weighted by molar-refractivity contribution is 5.27. The molecule has 2 nitrogen and oxygen atoms in total. The number of aromatic nitrogens is 1. The third-order valence-electron chi connectivity index (χ3n) is 2.99. The van der Waals surface area contributed by atoms with Crippen LogP contribution in [0, 0.1) is 6.92 Å². The minimum Gasteiger partial charge on any atom is -0.392 e. The SMILES string of the molecule is Cc1cccc(C2(C(C)O)CC2)n1. The van der Waals surface area contributed by atoms with E-state index >= 15 is 0 Å². The lowest BCUT2D eigenvalue weighted by Gasteiger charge is -2.17. The van der Waals surface area contributed by atoms with Crippen LogP contribution in [0.25, 0.3) is 0 Å². The minimum atomic E-state index is -0.276. The van der Waals surface area contributed by atoms with E-state index in [2.05, 4.69) is 4.98 Å². The summed E-state index contributed by atoms with van der Waals surface area (Å²) in [5.41, 5.74) is 2.07. The van der Waals surface area contributed by atoms with E-state index in [0.29, 0.717) is 0 Å². The standard InChI is InChI=1S/C11H15NO/c1-8-4-3-5-10(12-8)11(6-7-11)9(2)13/h3-5,9,13H,6-7H2,1-2H3. The molecule has 1 aliphatic rings. The number of rotatable bonds is 2. The molecular formula is C11H15NO. The Bertz CT molecular complexity index is 316. The molecule has 2 rings (SSSR count). The molecule has 1 N–H and O–H groups in total. The van der Waals surface area contributed by atoms with Crippen molar-refractivity contribution in [2.45, 2.75) is 38.2 Å². The maximum atomic E-state index is 9.65. The van der Waals surface area contributed by atoms with Gasteiger partial charge in [0.15, 0.2) is 0 Å². The Morgan fingerprint density at radius 2 is 2.15 bits per heavy atom. The highest BCUT2D eigenvalue weighted by atomic mass is 16.3. The Kier molecular flexibility index (Phi) is 1.88. The van der Waals surface area contributed by atoms with Gasteiger partial charge in [0.25, 0.3) is 0 Å².